The SMILES string of the molecule is COCC(=O)NC(COCc1ccccc1)C(=O)Cc1ccc(Oc2ccccc2)cc1. The van der Waals surface area contributed by atoms with E-state index in [2.05, 4.69) is 5.32 Å². The van der Waals surface area contributed by atoms with Gasteiger partial charge in [0.05, 0.1) is 13.2 Å². The fourth-order valence-corrected chi connectivity index (χ4v) is 3.08. The van der Waals surface area contributed by atoms with Crippen molar-refractivity contribution in [1.29, 1.82) is 0 Å². The van der Waals surface area contributed by atoms with E-state index in [4.69, 9.17) is 14.2 Å². The molecule has 3 rings (SSSR count). The lowest BCUT2D eigenvalue weighted by Gasteiger charge is -2.18. The molecule has 1 unspecified atom stereocenters. The number of hydrogen-bond acceptors (Lipinski definition) is 5. The smallest absolute Gasteiger partial charge is 0.246 e. The number of carbonyl (C=O) groups is 2. The zero-order chi connectivity index (χ0) is 22.6. The molecule has 0 fully saturated rings. The van der Waals surface area contributed by atoms with Crippen LogP contribution in [-0.2, 0) is 32.1 Å². The van der Waals surface area contributed by atoms with Crippen LogP contribution in [0, 0.1) is 0 Å². The number of nitrogens with one attached hydrogen (secondary N) is 1. The van der Waals surface area contributed by atoms with Gasteiger partial charge in [-0.05, 0) is 35.4 Å². The molecule has 0 aliphatic heterocycles. The first-order chi connectivity index (χ1) is 15.6. The normalized spacial score (nSPS) is 11.5. The second kappa shape index (κ2) is 12.4. The van der Waals surface area contributed by atoms with Crippen LogP contribution in [0.3, 0.4) is 0 Å². The van der Waals surface area contributed by atoms with Gasteiger partial charge in [-0.15, -0.1) is 0 Å². The quantitative estimate of drug-likeness (QED) is 0.468. The average Bonchev–Trinajstić information content (AvgIpc) is 2.81. The van der Waals surface area contributed by atoms with Gasteiger partial charge in [0.2, 0.25) is 5.91 Å². The van der Waals surface area contributed by atoms with Crippen molar-refractivity contribution in [2.24, 2.45) is 0 Å². The monoisotopic (exact) mass is 433 g/mol. The molecule has 166 valence electrons. The van der Waals surface area contributed by atoms with E-state index in [-0.39, 0.29) is 31.3 Å². The lowest BCUT2D eigenvalue weighted by molar-refractivity contribution is -0.131. The highest BCUT2D eigenvalue weighted by Gasteiger charge is 2.21. The van der Waals surface area contributed by atoms with Gasteiger partial charge in [-0.3, -0.25) is 9.59 Å². The Morgan fingerprint density at radius 3 is 2.09 bits per heavy atom. The van der Waals surface area contributed by atoms with Crippen LogP contribution in [-0.4, -0.2) is 38.1 Å². The molecule has 0 heterocycles. The van der Waals surface area contributed by atoms with E-state index in [0.717, 1.165) is 16.9 Å². The molecule has 32 heavy (non-hydrogen) atoms. The molecule has 1 amide bonds. The maximum absolute atomic E-state index is 12.9. The van der Waals surface area contributed by atoms with E-state index >= 15 is 0 Å². The Morgan fingerprint density at radius 1 is 0.812 bits per heavy atom. The molecule has 3 aromatic rings. The van der Waals surface area contributed by atoms with Crippen molar-refractivity contribution < 1.29 is 23.8 Å². The molecule has 0 aliphatic carbocycles. The number of ether oxygens (including phenoxy) is 3. The third kappa shape index (κ3) is 7.65. The summed E-state index contributed by atoms with van der Waals surface area (Å²) < 4.78 is 16.4. The molecule has 0 bridgehead atoms. The van der Waals surface area contributed by atoms with Gasteiger partial charge in [-0.1, -0.05) is 60.7 Å². The Balaban J connectivity index is 1.58. The molecule has 0 saturated carbocycles. The molecule has 0 saturated heterocycles. The number of ketones is 1. The summed E-state index contributed by atoms with van der Waals surface area (Å²) in [6.07, 6.45) is 0.165. The average molecular weight is 434 g/mol. The van der Waals surface area contributed by atoms with E-state index in [9.17, 15) is 9.59 Å². The van der Waals surface area contributed by atoms with Crippen LogP contribution in [0.25, 0.3) is 0 Å². The largest absolute Gasteiger partial charge is 0.457 e. The second-order valence-corrected chi connectivity index (χ2v) is 7.26. The summed E-state index contributed by atoms with van der Waals surface area (Å²) in [5.41, 5.74) is 1.82. The number of Topliss-reactive ketones (excluding diaryl/α,β-unsaturated/α-hetero) is 1. The van der Waals surface area contributed by atoms with E-state index in [1.807, 2.05) is 84.9 Å². The summed E-state index contributed by atoms with van der Waals surface area (Å²) in [4.78, 5) is 24.9. The predicted octanol–water partition coefficient (Wildman–Crippen LogP) is 3.94. The van der Waals surface area contributed by atoms with Crippen LogP contribution in [0.4, 0.5) is 0 Å². The van der Waals surface area contributed by atoms with Crippen molar-refractivity contribution in [3.8, 4) is 11.5 Å². The molecule has 3 aromatic carbocycles. The molecule has 1 atom stereocenters. The highest BCUT2D eigenvalue weighted by atomic mass is 16.5. The van der Waals surface area contributed by atoms with Crippen molar-refractivity contribution in [2.75, 3.05) is 20.3 Å². The first-order valence-corrected chi connectivity index (χ1v) is 10.4. The van der Waals surface area contributed by atoms with E-state index in [1.54, 1.807) is 0 Å². The number of para-hydroxylation sites is 1. The van der Waals surface area contributed by atoms with Crippen LogP contribution >= 0.6 is 0 Å². The minimum Gasteiger partial charge on any atom is -0.457 e. The first-order valence-electron chi connectivity index (χ1n) is 10.4. The van der Waals surface area contributed by atoms with Crippen LogP contribution in [0.2, 0.25) is 0 Å². The molecule has 0 aromatic heterocycles. The Bertz CT molecular complexity index is 974. The fourth-order valence-electron chi connectivity index (χ4n) is 3.08. The van der Waals surface area contributed by atoms with Crippen LogP contribution in [0.5, 0.6) is 11.5 Å². The minimum absolute atomic E-state index is 0.0817. The number of carbonyl (C=O) groups excluding carboxylic acids is 2. The number of hydrogen-bond donors (Lipinski definition) is 1. The summed E-state index contributed by atoms with van der Waals surface area (Å²) >= 11 is 0. The van der Waals surface area contributed by atoms with Gasteiger partial charge in [0.1, 0.15) is 24.1 Å². The van der Waals surface area contributed by atoms with Gasteiger partial charge in [-0.25, -0.2) is 0 Å². The van der Waals surface area contributed by atoms with Crippen LogP contribution in [0.1, 0.15) is 11.1 Å². The number of benzene rings is 3. The standard InChI is InChI=1S/C26H27NO5/c1-30-19-26(29)27-24(18-31-17-21-8-4-2-5-9-21)25(28)16-20-12-14-23(15-13-20)32-22-10-6-3-7-11-22/h2-15,24H,16-19H2,1H3,(H,27,29). The van der Waals surface area contributed by atoms with Crippen molar-refractivity contribution >= 4 is 11.7 Å². The molecule has 1 N–H and O–H groups in total. The van der Waals surface area contributed by atoms with E-state index in [0.29, 0.717) is 12.4 Å². The van der Waals surface area contributed by atoms with Gasteiger partial charge >= 0.3 is 0 Å². The van der Waals surface area contributed by atoms with E-state index in [1.165, 1.54) is 7.11 Å². The highest BCUT2D eigenvalue weighted by molar-refractivity contribution is 5.90. The van der Waals surface area contributed by atoms with Crippen molar-refractivity contribution in [3.05, 3.63) is 96.1 Å². The summed E-state index contributed by atoms with van der Waals surface area (Å²) in [5, 5.41) is 2.71. The maximum Gasteiger partial charge on any atom is 0.246 e. The van der Waals surface area contributed by atoms with Gasteiger partial charge in [-0.2, -0.15) is 0 Å². The third-order valence-electron chi connectivity index (χ3n) is 4.68. The van der Waals surface area contributed by atoms with Crippen molar-refractivity contribution in [3.63, 3.8) is 0 Å². The minimum atomic E-state index is -0.762. The molecule has 6 nitrogen and oxygen atoms in total. The Kier molecular flexibility index (Phi) is 8.98. The molecule has 0 spiro atoms. The summed E-state index contributed by atoms with van der Waals surface area (Å²) in [6, 6.07) is 25.7. The van der Waals surface area contributed by atoms with Gasteiger partial charge in [0, 0.05) is 13.5 Å². The highest BCUT2D eigenvalue weighted by Crippen LogP contribution is 2.21. The number of rotatable bonds is 12. The zero-order valence-corrected chi connectivity index (χ0v) is 18.0. The van der Waals surface area contributed by atoms with Gasteiger partial charge in [0.25, 0.3) is 0 Å². The predicted molar refractivity (Wildman–Crippen MR) is 122 cm³/mol. The molecular formula is C26H27NO5. The first kappa shape index (κ1) is 23.2. The number of methoxy groups -OCH3 is 1. The Hall–Kier alpha value is -3.48. The summed E-state index contributed by atoms with van der Waals surface area (Å²) in [7, 11) is 1.43. The lowest BCUT2D eigenvalue weighted by Crippen LogP contribution is -2.46. The summed E-state index contributed by atoms with van der Waals surface area (Å²) in [5.74, 6) is 0.927. The molecular weight excluding hydrogens is 406 g/mol. The summed E-state index contributed by atoms with van der Waals surface area (Å²) in [6.45, 7) is 0.322. The van der Waals surface area contributed by atoms with Crippen LogP contribution < -0.4 is 10.1 Å². The van der Waals surface area contributed by atoms with Crippen molar-refractivity contribution in [1.82, 2.24) is 5.32 Å². The Labute approximate surface area is 188 Å². The molecule has 0 aliphatic rings. The van der Waals surface area contributed by atoms with E-state index < -0.39 is 6.04 Å². The lowest BCUT2D eigenvalue weighted by atomic mass is 10.0. The number of amides is 1. The Morgan fingerprint density at radius 2 is 1.44 bits per heavy atom. The third-order valence-corrected chi connectivity index (χ3v) is 4.68. The zero-order valence-electron chi connectivity index (χ0n) is 18.0. The molecule has 0 radical (unpaired) electrons. The molecule has 6 heteroatoms. The van der Waals surface area contributed by atoms with Crippen molar-refractivity contribution in [2.45, 2.75) is 19.1 Å². The topological polar surface area (TPSA) is 73.9 Å². The van der Waals surface area contributed by atoms with Gasteiger partial charge < -0.3 is 19.5 Å². The maximum atomic E-state index is 12.9. The van der Waals surface area contributed by atoms with Gasteiger partial charge in [0.15, 0.2) is 5.78 Å². The fraction of sp³-hybridized carbons (Fsp3) is 0.231. The van der Waals surface area contributed by atoms with Crippen LogP contribution in [0.15, 0.2) is 84.9 Å². The second-order valence-electron chi connectivity index (χ2n) is 7.26.